The van der Waals surface area contributed by atoms with Gasteiger partial charge in [-0.05, 0) is 0 Å². The van der Waals surface area contributed by atoms with Crippen LogP contribution in [0.25, 0.3) is 0 Å². The van der Waals surface area contributed by atoms with Crippen LogP contribution in [0.4, 0.5) is 0 Å². The van der Waals surface area contributed by atoms with E-state index in [4.69, 9.17) is 11.1 Å². The zero-order valence-electron chi connectivity index (χ0n) is 6.78. The molecule has 0 spiro atoms. The van der Waals surface area contributed by atoms with Gasteiger partial charge in [0.05, 0.1) is 5.84 Å². The lowest BCUT2D eigenvalue weighted by Gasteiger charge is -2.06. The molecule has 0 saturated heterocycles. The van der Waals surface area contributed by atoms with Crippen LogP contribution in [0.1, 0.15) is 6.92 Å². The molecule has 1 unspecified atom stereocenters. The summed E-state index contributed by atoms with van der Waals surface area (Å²) in [5.74, 6) is 1.22. The van der Waals surface area contributed by atoms with Gasteiger partial charge in [-0.15, -0.1) is 11.3 Å². The third-order valence-electron chi connectivity index (χ3n) is 1.40. The van der Waals surface area contributed by atoms with Crippen molar-refractivity contribution in [2.75, 3.05) is 5.75 Å². The lowest BCUT2D eigenvalue weighted by atomic mass is 10.2. The normalized spacial score (nSPS) is 12.8. The summed E-state index contributed by atoms with van der Waals surface area (Å²) < 4.78 is 1.04. The number of thioether (sulfide) groups is 1. The largest absolute Gasteiger partial charge is 0.387 e. The Labute approximate surface area is 79.9 Å². The van der Waals surface area contributed by atoms with Gasteiger partial charge in [-0.2, -0.15) is 0 Å². The standard InChI is InChI=1S/C7H11N3S2/c1-5(6(8)9)4-12-7-10-2-3-11-7/h2-3,5H,4H2,1H3,(H3,8,9). The van der Waals surface area contributed by atoms with Crippen molar-refractivity contribution in [3.05, 3.63) is 11.6 Å². The van der Waals surface area contributed by atoms with Crippen LogP contribution >= 0.6 is 23.1 Å². The van der Waals surface area contributed by atoms with Crippen LogP contribution in [-0.4, -0.2) is 16.6 Å². The molecule has 1 aromatic heterocycles. The highest BCUT2D eigenvalue weighted by Gasteiger charge is 2.06. The van der Waals surface area contributed by atoms with Gasteiger partial charge in [0.15, 0.2) is 0 Å². The molecular formula is C7H11N3S2. The number of nitrogens with zero attached hydrogens (tertiary/aromatic N) is 1. The molecule has 0 saturated carbocycles. The van der Waals surface area contributed by atoms with E-state index in [-0.39, 0.29) is 11.8 Å². The Morgan fingerprint density at radius 3 is 3.17 bits per heavy atom. The third-order valence-corrected chi connectivity index (χ3v) is 3.62. The minimum absolute atomic E-state index is 0.138. The molecule has 0 fully saturated rings. The number of amidine groups is 1. The number of nitrogens with one attached hydrogen (secondary N) is 1. The first-order valence-corrected chi connectivity index (χ1v) is 5.43. The monoisotopic (exact) mass is 201 g/mol. The van der Waals surface area contributed by atoms with Crippen molar-refractivity contribution in [2.45, 2.75) is 11.3 Å². The number of rotatable bonds is 4. The maximum atomic E-state index is 7.18. The Hall–Kier alpha value is -0.550. The molecule has 3 N–H and O–H groups in total. The van der Waals surface area contributed by atoms with Crippen LogP contribution in [-0.2, 0) is 0 Å². The molecule has 66 valence electrons. The SMILES string of the molecule is CC(CSc1nccs1)C(=N)N. The first-order chi connectivity index (χ1) is 5.70. The molecule has 5 heteroatoms. The second-order valence-electron chi connectivity index (χ2n) is 2.47. The van der Waals surface area contributed by atoms with Crippen LogP contribution in [0.3, 0.4) is 0 Å². The number of thiazole rings is 1. The fourth-order valence-corrected chi connectivity index (χ4v) is 2.28. The molecule has 0 aliphatic carbocycles. The van der Waals surface area contributed by atoms with Gasteiger partial charge in [0, 0.05) is 23.2 Å². The first kappa shape index (κ1) is 9.54. The lowest BCUT2D eigenvalue weighted by Crippen LogP contribution is -2.21. The summed E-state index contributed by atoms with van der Waals surface area (Å²) in [6.45, 7) is 1.95. The maximum absolute atomic E-state index is 7.18. The molecule has 12 heavy (non-hydrogen) atoms. The number of aromatic nitrogens is 1. The highest BCUT2D eigenvalue weighted by Crippen LogP contribution is 2.22. The van der Waals surface area contributed by atoms with Crippen LogP contribution in [0.5, 0.6) is 0 Å². The van der Waals surface area contributed by atoms with Crippen LogP contribution in [0, 0.1) is 11.3 Å². The molecular weight excluding hydrogens is 190 g/mol. The predicted octanol–water partition coefficient (Wildman–Crippen LogP) is 1.81. The highest BCUT2D eigenvalue weighted by atomic mass is 32.2. The van der Waals surface area contributed by atoms with Crippen LogP contribution in [0.2, 0.25) is 0 Å². The Morgan fingerprint density at radius 1 is 1.92 bits per heavy atom. The van der Waals surface area contributed by atoms with E-state index in [0.29, 0.717) is 0 Å². The molecule has 1 atom stereocenters. The number of hydrogen-bond acceptors (Lipinski definition) is 4. The van der Waals surface area contributed by atoms with Crippen molar-refractivity contribution in [1.82, 2.24) is 4.98 Å². The number of nitrogens with two attached hydrogens (primary N) is 1. The summed E-state index contributed by atoms with van der Waals surface area (Å²) in [6.07, 6.45) is 1.78. The minimum atomic E-state index is 0.138. The second-order valence-corrected chi connectivity index (χ2v) is 4.63. The molecule has 3 nitrogen and oxygen atoms in total. The first-order valence-electron chi connectivity index (χ1n) is 3.56. The molecule has 0 amide bonds. The summed E-state index contributed by atoms with van der Waals surface area (Å²) in [4.78, 5) is 4.12. The van der Waals surface area contributed by atoms with E-state index in [1.165, 1.54) is 0 Å². The molecule has 0 radical (unpaired) electrons. The van der Waals surface area contributed by atoms with Crippen molar-refractivity contribution in [3.63, 3.8) is 0 Å². The molecule has 0 aromatic carbocycles. The Bertz CT molecular complexity index is 245. The number of hydrogen-bond donors (Lipinski definition) is 2. The summed E-state index contributed by atoms with van der Waals surface area (Å²) in [6, 6.07) is 0. The fraction of sp³-hybridized carbons (Fsp3) is 0.429. The van der Waals surface area contributed by atoms with Gasteiger partial charge < -0.3 is 5.73 Å². The van der Waals surface area contributed by atoms with Gasteiger partial charge in [0.2, 0.25) is 0 Å². The summed E-state index contributed by atoms with van der Waals surface area (Å²) in [5.41, 5.74) is 5.33. The van der Waals surface area contributed by atoms with E-state index in [0.717, 1.165) is 10.1 Å². The minimum Gasteiger partial charge on any atom is -0.387 e. The molecule has 0 aliphatic heterocycles. The molecule has 1 rings (SSSR count). The second kappa shape index (κ2) is 4.47. The van der Waals surface area contributed by atoms with Crippen molar-refractivity contribution < 1.29 is 0 Å². The zero-order chi connectivity index (χ0) is 8.97. The average Bonchev–Trinajstić information content (AvgIpc) is 2.51. The average molecular weight is 201 g/mol. The summed E-state index contributed by atoms with van der Waals surface area (Å²) >= 11 is 3.27. The Kier molecular flexibility index (Phi) is 3.55. The molecule has 1 aromatic rings. The molecule has 0 aliphatic rings. The van der Waals surface area contributed by atoms with E-state index in [9.17, 15) is 0 Å². The van der Waals surface area contributed by atoms with E-state index < -0.39 is 0 Å². The quantitative estimate of drug-likeness (QED) is 0.443. The van der Waals surface area contributed by atoms with E-state index in [1.54, 1.807) is 29.3 Å². The molecule has 1 heterocycles. The summed E-state index contributed by atoms with van der Waals surface area (Å²) in [5, 5.41) is 9.12. The zero-order valence-corrected chi connectivity index (χ0v) is 8.41. The van der Waals surface area contributed by atoms with Crippen molar-refractivity contribution in [3.8, 4) is 0 Å². The summed E-state index contributed by atoms with van der Waals surface area (Å²) in [7, 11) is 0. The van der Waals surface area contributed by atoms with E-state index in [2.05, 4.69) is 4.98 Å². The molecule has 0 bridgehead atoms. The van der Waals surface area contributed by atoms with E-state index in [1.807, 2.05) is 12.3 Å². The van der Waals surface area contributed by atoms with Crippen molar-refractivity contribution in [1.29, 1.82) is 5.41 Å². The fourth-order valence-electron chi connectivity index (χ4n) is 0.568. The smallest absolute Gasteiger partial charge is 0.149 e. The topological polar surface area (TPSA) is 62.8 Å². The van der Waals surface area contributed by atoms with E-state index >= 15 is 0 Å². The Balaban J connectivity index is 2.31. The third kappa shape index (κ3) is 2.83. The van der Waals surface area contributed by atoms with Crippen molar-refractivity contribution >= 4 is 28.9 Å². The maximum Gasteiger partial charge on any atom is 0.149 e. The predicted molar refractivity (Wildman–Crippen MR) is 53.9 cm³/mol. The highest BCUT2D eigenvalue weighted by molar-refractivity contribution is 8.01. The van der Waals surface area contributed by atoms with Crippen LogP contribution in [0.15, 0.2) is 15.9 Å². The van der Waals surface area contributed by atoms with Gasteiger partial charge >= 0.3 is 0 Å². The van der Waals surface area contributed by atoms with Gasteiger partial charge in [-0.3, -0.25) is 5.41 Å². The van der Waals surface area contributed by atoms with Gasteiger partial charge in [-0.1, -0.05) is 18.7 Å². The van der Waals surface area contributed by atoms with Crippen molar-refractivity contribution in [2.24, 2.45) is 11.7 Å². The lowest BCUT2D eigenvalue weighted by molar-refractivity contribution is 0.879. The van der Waals surface area contributed by atoms with Gasteiger partial charge in [-0.25, -0.2) is 4.98 Å². The Morgan fingerprint density at radius 2 is 2.67 bits per heavy atom. The van der Waals surface area contributed by atoms with Gasteiger partial charge in [0.25, 0.3) is 0 Å². The van der Waals surface area contributed by atoms with Crippen LogP contribution < -0.4 is 5.73 Å². The van der Waals surface area contributed by atoms with Gasteiger partial charge in [0.1, 0.15) is 4.34 Å².